The van der Waals surface area contributed by atoms with E-state index in [1.165, 1.54) is 32.4 Å². The number of benzene rings is 1. The van der Waals surface area contributed by atoms with Crippen LogP contribution in [-0.2, 0) is 11.3 Å². The molecule has 8 nitrogen and oxygen atoms in total. The smallest absolute Gasteiger partial charge is 0.253 e. The zero-order valence-corrected chi connectivity index (χ0v) is 26.2. The molecule has 2 aliphatic rings. The van der Waals surface area contributed by atoms with Gasteiger partial charge in [0, 0.05) is 51.3 Å². The number of aromatic nitrogens is 2. The Morgan fingerprint density at radius 1 is 0.927 bits per heavy atom. The van der Waals surface area contributed by atoms with Gasteiger partial charge in [-0.1, -0.05) is 34.1 Å². The minimum Gasteiger partial charge on any atom is -0.356 e. The number of nitrogens with one attached hydrogen (secondary N) is 1. The van der Waals surface area contributed by atoms with Gasteiger partial charge in [0.25, 0.3) is 5.91 Å². The Labute approximate surface area is 247 Å². The summed E-state index contributed by atoms with van der Waals surface area (Å²) in [6, 6.07) is 6.04. The van der Waals surface area contributed by atoms with E-state index in [4.69, 9.17) is 4.98 Å². The van der Waals surface area contributed by atoms with Crippen molar-refractivity contribution >= 4 is 28.8 Å². The Kier molecular flexibility index (Phi) is 11.9. The zero-order chi connectivity index (χ0) is 29.2. The molecule has 0 atom stereocenters. The van der Waals surface area contributed by atoms with Crippen molar-refractivity contribution in [2.24, 2.45) is 11.8 Å². The van der Waals surface area contributed by atoms with E-state index < -0.39 is 0 Å². The third-order valence-corrected chi connectivity index (χ3v) is 8.60. The maximum Gasteiger partial charge on any atom is 0.253 e. The number of carbonyl (C=O) groups is 2. The Morgan fingerprint density at radius 3 is 2.32 bits per heavy atom. The number of likely N-dealkylation sites (tertiary alicyclic amines) is 2. The van der Waals surface area contributed by atoms with Crippen LogP contribution in [0.3, 0.4) is 0 Å². The van der Waals surface area contributed by atoms with Gasteiger partial charge in [0.2, 0.25) is 11.9 Å². The van der Waals surface area contributed by atoms with Gasteiger partial charge in [-0.15, -0.1) is 0 Å². The van der Waals surface area contributed by atoms with Crippen LogP contribution in [0, 0.1) is 11.8 Å². The number of amides is 2. The van der Waals surface area contributed by atoms with Gasteiger partial charge in [-0.3, -0.25) is 9.59 Å². The van der Waals surface area contributed by atoms with Crippen LogP contribution >= 0.6 is 0 Å². The number of hydrogen-bond acceptors (Lipinski definition) is 5. The van der Waals surface area contributed by atoms with Crippen molar-refractivity contribution in [2.45, 2.75) is 92.0 Å². The number of rotatable bonds is 16. The minimum absolute atomic E-state index is 0.124. The normalized spacial score (nSPS) is 16.4. The summed E-state index contributed by atoms with van der Waals surface area (Å²) in [7, 11) is 0. The highest BCUT2D eigenvalue weighted by molar-refractivity contribution is 5.97. The lowest BCUT2D eigenvalue weighted by Gasteiger charge is -2.26. The first-order valence-corrected chi connectivity index (χ1v) is 16.4. The van der Waals surface area contributed by atoms with Crippen LogP contribution in [0.4, 0.5) is 5.95 Å². The lowest BCUT2D eigenvalue weighted by atomic mass is 10.1. The van der Waals surface area contributed by atoms with Gasteiger partial charge in [-0.05, 0) is 94.6 Å². The second kappa shape index (κ2) is 15.6. The van der Waals surface area contributed by atoms with E-state index in [0.29, 0.717) is 18.3 Å². The predicted octanol–water partition coefficient (Wildman–Crippen LogP) is 5.87. The molecule has 41 heavy (non-hydrogen) atoms. The third kappa shape index (κ3) is 9.19. The largest absolute Gasteiger partial charge is 0.356 e. The summed E-state index contributed by atoms with van der Waals surface area (Å²) in [5, 5.41) is 3.57. The summed E-state index contributed by atoms with van der Waals surface area (Å²) >= 11 is 0. The van der Waals surface area contributed by atoms with Crippen molar-refractivity contribution in [3.8, 4) is 0 Å². The molecule has 0 spiro atoms. The standard InChI is InChI=1S/C33H54N6O2/c1-26(2)14-23-38(24-15-27(3)4)32(41)28-12-13-29-30(25-28)39(22-10-19-36-17-6-5-7-18-36)33(35-29)34-16-9-21-37-20-8-11-31(37)40/h12-13,25-27H,5-11,14-24H2,1-4H3,(H,34,35). The summed E-state index contributed by atoms with van der Waals surface area (Å²) in [6.07, 6.45) is 9.59. The number of fused-ring (bicyclic) bond motifs is 1. The van der Waals surface area contributed by atoms with Crippen LogP contribution < -0.4 is 5.32 Å². The van der Waals surface area contributed by atoms with Gasteiger partial charge in [-0.25, -0.2) is 4.98 Å². The van der Waals surface area contributed by atoms with Crippen molar-refractivity contribution in [1.29, 1.82) is 0 Å². The van der Waals surface area contributed by atoms with Crippen molar-refractivity contribution in [3.05, 3.63) is 23.8 Å². The first kappa shape index (κ1) is 31.3. The van der Waals surface area contributed by atoms with Crippen LogP contribution in [-0.4, -0.2) is 88.4 Å². The van der Waals surface area contributed by atoms with Gasteiger partial charge >= 0.3 is 0 Å². The summed E-state index contributed by atoms with van der Waals surface area (Å²) in [4.78, 5) is 37.3. The molecule has 2 amide bonds. The molecule has 0 aliphatic carbocycles. The summed E-state index contributed by atoms with van der Waals surface area (Å²) in [5.41, 5.74) is 2.70. The second-order valence-corrected chi connectivity index (χ2v) is 13.0. The number of carbonyl (C=O) groups excluding carboxylic acids is 2. The molecule has 0 radical (unpaired) electrons. The van der Waals surface area contributed by atoms with Crippen LogP contribution in [0.1, 0.15) is 95.8 Å². The molecule has 1 aromatic carbocycles. The van der Waals surface area contributed by atoms with Gasteiger partial charge < -0.3 is 24.6 Å². The first-order chi connectivity index (χ1) is 19.8. The molecular formula is C33H54N6O2. The summed E-state index contributed by atoms with van der Waals surface area (Å²) in [5.74, 6) is 2.39. The molecule has 3 heterocycles. The van der Waals surface area contributed by atoms with E-state index in [1.807, 2.05) is 17.0 Å². The lowest BCUT2D eigenvalue weighted by Crippen LogP contribution is -2.34. The van der Waals surface area contributed by atoms with E-state index in [-0.39, 0.29) is 11.8 Å². The van der Waals surface area contributed by atoms with Gasteiger partial charge in [-0.2, -0.15) is 0 Å². The highest BCUT2D eigenvalue weighted by atomic mass is 16.2. The zero-order valence-electron chi connectivity index (χ0n) is 26.2. The van der Waals surface area contributed by atoms with Crippen LogP contribution in [0.2, 0.25) is 0 Å². The molecular weight excluding hydrogens is 512 g/mol. The van der Waals surface area contributed by atoms with Crippen LogP contribution in [0.15, 0.2) is 18.2 Å². The molecule has 0 unspecified atom stereocenters. The van der Waals surface area contributed by atoms with Crippen LogP contribution in [0.25, 0.3) is 11.0 Å². The van der Waals surface area contributed by atoms with Crippen molar-refractivity contribution < 1.29 is 9.59 Å². The highest BCUT2D eigenvalue weighted by Gasteiger charge is 2.21. The molecule has 8 heteroatoms. The molecule has 1 N–H and O–H groups in total. The first-order valence-electron chi connectivity index (χ1n) is 16.4. The van der Waals surface area contributed by atoms with Crippen molar-refractivity contribution in [2.75, 3.05) is 57.7 Å². The number of piperidine rings is 1. The van der Waals surface area contributed by atoms with Crippen LogP contribution in [0.5, 0.6) is 0 Å². The lowest BCUT2D eigenvalue weighted by molar-refractivity contribution is -0.127. The topological polar surface area (TPSA) is 73.7 Å². The summed E-state index contributed by atoms with van der Waals surface area (Å²) < 4.78 is 2.28. The number of imidazole rings is 1. The molecule has 2 saturated heterocycles. The fourth-order valence-corrected chi connectivity index (χ4v) is 5.99. The maximum atomic E-state index is 13.8. The van der Waals surface area contributed by atoms with E-state index in [2.05, 4.69) is 53.4 Å². The Hall–Kier alpha value is -2.61. The molecule has 0 saturated carbocycles. The number of aryl methyl sites for hydroxylation is 1. The van der Waals surface area contributed by atoms with Gasteiger partial charge in [0.15, 0.2) is 0 Å². The quantitative estimate of drug-likeness (QED) is 0.257. The highest BCUT2D eigenvalue weighted by Crippen LogP contribution is 2.24. The molecule has 4 rings (SSSR count). The SMILES string of the molecule is CC(C)CCN(CCC(C)C)C(=O)c1ccc2nc(NCCCN3CCCC3=O)n(CCCN3CCCCC3)c2c1. The molecule has 2 aliphatic heterocycles. The third-order valence-electron chi connectivity index (χ3n) is 8.60. The number of hydrogen-bond donors (Lipinski definition) is 1. The predicted molar refractivity (Wildman–Crippen MR) is 168 cm³/mol. The monoisotopic (exact) mass is 566 g/mol. The maximum absolute atomic E-state index is 13.8. The van der Waals surface area contributed by atoms with E-state index >= 15 is 0 Å². The molecule has 0 bridgehead atoms. The average molecular weight is 567 g/mol. The molecule has 2 aromatic rings. The van der Waals surface area contributed by atoms with E-state index in [0.717, 1.165) is 100 Å². The summed E-state index contributed by atoms with van der Waals surface area (Å²) in [6.45, 7) is 17.3. The Bertz CT molecular complexity index is 1110. The van der Waals surface area contributed by atoms with Gasteiger partial charge in [0.1, 0.15) is 0 Å². The number of anilines is 1. The molecule has 1 aromatic heterocycles. The minimum atomic E-state index is 0.124. The Balaban J connectivity index is 1.50. The second-order valence-electron chi connectivity index (χ2n) is 13.0. The fourth-order valence-electron chi connectivity index (χ4n) is 5.99. The average Bonchev–Trinajstić information content (AvgIpc) is 3.53. The van der Waals surface area contributed by atoms with Crippen molar-refractivity contribution in [3.63, 3.8) is 0 Å². The van der Waals surface area contributed by atoms with Gasteiger partial charge in [0.05, 0.1) is 11.0 Å². The van der Waals surface area contributed by atoms with E-state index in [1.54, 1.807) is 0 Å². The molecule has 2 fully saturated rings. The van der Waals surface area contributed by atoms with E-state index in [9.17, 15) is 9.59 Å². The molecule has 228 valence electrons. The fraction of sp³-hybridized carbons (Fsp3) is 0.727. The van der Waals surface area contributed by atoms with Crippen molar-refractivity contribution in [1.82, 2.24) is 24.3 Å². The Morgan fingerprint density at radius 2 is 1.66 bits per heavy atom. The number of nitrogens with zero attached hydrogens (tertiary/aromatic N) is 5.